The molecule has 0 saturated carbocycles. The molecule has 1 saturated heterocycles. The minimum Gasteiger partial charge on any atom is -0.424 e. The van der Waals surface area contributed by atoms with E-state index in [4.69, 9.17) is 9.15 Å². The van der Waals surface area contributed by atoms with Crippen LogP contribution in [0.2, 0.25) is 0 Å². The molecule has 1 aliphatic heterocycles. The van der Waals surface area contributed by atoms with Crippen LogP contribution in [0.1, 0.15) is 18.5 Å². The van der Waals surface area contributed by atoms with Crippen molar-refractivity contribution in [3.63, 3.8) is 0 Å². The lowest BCUT2D eigenvalue weighted by atomic mass is 10.0. The maximum Gasteiger partial charge on any atom is 0.295 e. The fourth-order valence-electron chi connectivity index (χ4n) is 3.47. The molecule has 0 bridgehead atoms. The van der Waals surface area contributed by atoms with Gasteiger partial charge >= 0.3 is 0 Å². The van der Waals surface area contributed by atoms with Crippen LogP contribution in [-0.2, 0) is 11.8 Å². The van der Waals surface area contributed by atoms with E-state index in [1.807, 2.05) is 42.2 Å². The van der Waals surface area contributed by atoms with Gasteiger partial charge < -0.3 is 14.5 Å². The van der Waals surface area contributed by atoms with Crippen LogP contribution >= 0.6 is 0 Å². The first-order chi connectivity index (χ1) is 12.2. The molecule has 3 aromatic rings. The molecular weight excluding hydrogens is 318 g/mol. The zero-order valence-corrected chi connectivity index (χ0v) is 14.6. The predicted molar refractivity (Wildman–Crippen MR) is 95.4 cm³/mol. The Bertz CT molecular complexity index is 810. The topological polar surface area (TPSA) is 68.3 Å². The Kier molecular flexibility index (Phi) is 4.42. The molecule has 1 aromatic carbocycles. The number of nitrogens with one attached hydrogen (secondary N) is 1. The van der Waals surface area contributed by atoms with E-state index in [0.29, 0.717) is 12.6 Å². The van der Waals surface area contributed by atoms with Gasteiger partial charge in [-0.3, -0.25) is 9.58 Å². The quantitative estimate of drug-likeness (QED) is 0.769. The van der Waals surface area contributed by atoms with Crippen molar-refractivity contribution in [2.75, 3.05) is 31.6 Å². The van der Waals surface area contributed by atoms with Crippen molar-refractivity contribution in [2.45, 2.75) is 19.1 Å². The van der Waals surface area contributed by atoms with Crippen LogP contribution in [0.3, 0.4) is 0 Å². The van der Waals surface area contributed by atoms with E-state index >= 15 is 0 Å². The molecule has 3 heterocycles. The summed E-state index contributed by atoms with van der Waals surface area (Å²) in [4.78, 5) is 6.90. The number of benzene rings is 1. The molecule has 1 N–H and O–H groups in total. The molecule has 0 aliphatic carbocycles. The van der Waals surface area contributed by atoms with Crippen LogP contribution in [0, 0.1) is 0 Å². The second-order valence-electron chi connectivity index (χ2n) is 6.30. The van der Waals surface area contributed by atoms with Gasteiger partial charge in [-0.1, -0.05) is 19.1 Å². The van der Waals surface area contributed by atoms with E-state index in [1.54, 1.807) is 0 Å². The Hall–Kier alpha value is -2.38. The SMILES string of the molecule is CCN1CCO[C@@H](CNc2nc3ccccc3o2)[C@@H]1c1cnn(C)c1. The lowest BCUT2D eigenvalue weighted by Gasteiger charge is -2.40. The molecule has 4 rings (SSSR count). The van der Waals surface area contributed by atoms with Crippen molar-refractivity contribution in [1.82, 2.24) is 19.7 Å². The Morgan fingerprint density at radius 1 is 1.32 bits per heavy atom. The van der Waals surface area contributed by atoms with Gasteiger partial charge in [-0.2, -0.15) is 10.1 Å². The Labute approximate surface area is 146 Å². The van der Waals surface area contributed by atoms with Crippen LogP contribution in [0.25, 0.3) is 11.1 Å². The predicted octanol–water partition coefficient (Wildman–Crippen LogP) is 2.44. The molecule has 0 spiro atoms. The summed E-state index contributed by atoms with van der Waals surface area (Å²) >= 11 is 0. The Balaban J connectivity index is 1.52. The Morgan fingerprint density at radius 3 is 2.96 bits per heavy atom. The van der Waals surface area contributed by atoms with E-state index in [0.717, 1.165) is 30.8 Å². The molecule has 0 unspecified atom stereocenters. The smallest absolute Gasteiger partial charge is 0.295 e. The van der Waals surface area contributed by atoms with E-state index in [1.165, 1.54) is 5.56 Å². The number of aryl methyl sites for hydroxylation is 1. The van der Waals surface area contributed by atoms with Crippen molar-refractivity contribution >= 4 is 17.1 Å². The molecular formula is C18H23N5O2. The highest BCUT2D eigenvalue weighted by atomic mass is 16.5. The van der Waals surface area contributed by atoms with Crippen LogP contribution in [-0.4, -0.2) is 52.0 Å². The van der Waals surface area contributed by atoms with Gasteiger partial charge in [0, 0.05) is 31.9 Å². The van der Waals surface area contributed by atoms with Crippen molar-refractivity contribution in [2.24, 2.45) is 7.05 Å². The molecule has 2 aromatic heterocycles. The molecule has 0 amide bonds. The maximum atomic E-state index is 6.07. The van der Waals surface area contributed by atoms with Crippen molar-refractivity contribution in [3.05, 3.63) is 42.2 Å². The zero-order valence-electron chi connectivity index (χ0n) is 14.6. The third-order valence-electron chi connectivity index (χ3n) is 4.68. The highest BCUT2D eigenvalue weighted by Gasteiger charge is 2.33. The number of oxazole rings is 1. The van der Waals surface area contributed by atoms with E-state index in [9.17, 15) is 0 Å². The van der Waals surface area contributed by atoms with Crippen molar-refractivity contribution < 1.29 is 9.15 Å². The largest absolute Gasteiger partial charge is 0.424 e. The van der Waals surface area contributed by atoms with E-state index < -0.39 is 0 Å². The summed E-state index contributed by atoms with van der Waals surface area (Å²) in [5.74, 6) is 0. The number of ether oxygens (including phenoxy) is 1. The average molecular weight is 341 g/mol. The maximum absolute atomic E-state index is 6.07. The van der Waals surface area contributed by atoms with Crippen LogP contribution in [0.15, 0.2) is 41.1 Å². The summed E-state index contributed by atoms with van der Waals surface area (Å²) in [5, 5.41) is 7.62. The first-order valence-corrected chi connectivity index (χ1v) is 8.68. The fourth-order valence-corrected chi connectivity index (χ4v) is 3.47. The molecule has 0 radical (unpaired) electrons. The minimum absolute atomic E-state index is 0.00733. The molecule has 132 valence electrons. The van der Waals surface area contributed by atoms with Gasteiger partial charge in [-0.15, -0.1) is 0 Å². The first-order valence-electron chi connectivity index (χ1n) is 8.68. The van der Waals surface area contributed by atoms with Crippen molar-refractivity contribution in [3.8, 4) is 0 Å². The molecule has 1 aliphatic rings. The average Bonchev–Trinajstić information content (AvgIpc) is 3.25. The summed E-state index contributed by atoms with van der Waals surface area (Å²) in [5.41, 5.74) is 2.82. The third kappa shape index (κ3) is 3.25. The second kappa shape index (κ2) is 6.85. The number of aromatic nitrogens is 3. The van der Waals surface area contributed by atoms with Gasteiger partial charge in [-0.05, 0) is 18.7 Å². The number of hydrogen-bond donors (Lipinski definition) is 1. The number of anilines is 1. The van der Waals surface area contributed by atoms with Crippen molar-refractivity contribution in [1.29, 1.82) is 0 Å². The Morgan fingerprint density at radius 2 is 2.20 bits per heavy atom. The number of para-hydroxylation sites is 2. The van der Waals surface area contributed by atoms with Gasteiger partial charge in [0.2, 0.25) is 0 Å². The number of rotatable bonds is 5. The van der Waals surface area contributed by atoms with Gasteiger partial charge in [-0.25, -0.2) is 0 Å². The lowest BCUT2D eigenvalue weighted by molar-refractivity contribution is -0.0641. The van der Waals surface area contributed by atoms with Gasteiger partial charge in [0.25, 0.3) is 6.01 Å². The van der Waals surface area contributed by atoms with Crippen LogP contribution in [0.5, 0.6) is 0 Å². The fraction of sp³-hybridized carbons (Fsp3) is 0.444. The summed E-state index contributed by atoms with van der Waals surface area (Å²) in [7, 11) is 1.94. The highest BCUT2D eigenvalue weighted by Crippen LogP contribution is 2.29. The van der Waals surface area contributed by atoms with Gasteiger partial charge in [0.1, 0.15) is 5.52 Å². The number of hydrogen-bond acceptors (Lipinski definition) is 6. The van der Waals surface area contributed by atoms with Crippen LogP contribution < -0.4 is 5.32 Å². The number of likely N-dealkylation sites (N-methyl/N-ethyl adjacent to an activating group) is 1. The summed E-state index contributed by atoms with van der Waals surface area (Å²) in [6.07, 6.45) is 4.00. The first kappa shape index (κ1) is 16.1. The zero-order chi connectivity index (χ0) is 17.2. The minimum atomic E-state index is 0.00733. The number of fused-ring (bicyclic) bond motifs is 1. The lowest BCUT2D eigenvalue weighted by Crippen LogP contribution is -2.47. The highest BCUT2D eigenvalue weighted by molar-refractivity contribution is 5.74. The number of nitrogens with zero attached hydrogens (tertiary/aromatic N) is 4. The van der Waals surface area contributed by atoms with E-state index in [2.05, 4.69) is 33.4 Å². The molecule has 1 fully saturated rings. The summed E-state index contributed by atoms with van der Waals surface area (Å²) in [6, 6.07) is 8.46. The third-order valence-corrected chi connectivity index (χ3v) is 4.68. The summed E-state index contributed by atoms with van der Waals surface area (Å²) in [6.45, 7) is 5.44. The molecule has 25 heavy (non-hydrogen) atoms. The molecule has 2 atom stereocenters. The molecule has 7 heteroatoms. The second-order valence-corrected chi connectivity index (χ2v) is 6.30. The molecule has 7 nitrogen and oxygen atoms in total. The van der Waals surface area contributed by atoms with Gasteiger partial charge in [0.15, 0.2) is 5.58 Å². The normalized spacial score (nSPS) is 21.7. The van der Waals surface area contributed by atoms with Crippen LogP contribution in [0.4, 0.5) is 6.01 Å². The monoisotopic (exact) mass is 341 g/mol. The van der Waals surface area contributed by atoms with E-state index in [-0.39, 0.29) is 12.1 Å². The standard InChI is InChI=1S/C18H23N5O2/c1-3-23-8-9-24-16(17(23)13-10-20-22(2)12-13)11-19-18-21-14-6-4-5-7-15(14)25-18/h4-7,10,12,16-17H,3,8-9,11H2,1-2H3,(H,19,21)/t16-,17-/m0/s1. The summed E-state index contributed by atoms with van der Waals surface area (Å²) < 4.78 is 13.7. The van der Waals surface area contributed by atoms with Gasteiger partial charge in [0.05, 0.1) is 24.9 Å². The number of morpholine rings is 1.